The van der Waals surface area contributed by atoms with E-state index in [1.807, 2.05) is 50.2 Å². The number of carbonyl (C=O) groups excluding carboxylic acids is 2. The highest BCUT2D eigenvalue weighted by Gasteiger charge is 2.20. The minimum absolute atomic E-state index is 0.348. The molecular weight excluding hydrogens is 360 g/mol. The molecule has 3 rings (SSSR count). The second kappa shape index (κ2) is 8.05. The molecule has 0 aliphatic heterocycles. The van der Waals surface area contributed by atoms with Gasteiger partial charge in [-0.15, -0.1) is 11.3 Å². The van der Waals surface area contributed by atoms with Crippen LogP contribution in [0.4, 0.5) is 5.00 Å². The fourth-order valence-corrected chi connectivity index (χ4v) is 4.00. The van der Waals surface area contributed by atoms with Crippen LogP contribution < -0.4 is 11.1 Å². The first-order valence-electron chi connectivity index (χ1n) is 8.45. The van der Waals surface area contributed by atoms with Crippen molar-refractivity contribution in [1.82, 2.24) is 0 Å². The Kier molecular flexibility index (Phi) is 5.57. The molecule has 0 radical (unpaired) electrons. The Morgan fingerprint density at radius 1 is 1.15 bits per heavy atom. The van der Waals surface area contributed by atoms with Crippen LogP contribution in [0.2, 0.25) is 0 Å². The van der Waals surface area contributed by atoms with Crippen molar-refractivity contribution in [2.75, 3.05) is 5.32 Å². The summed E-state index contributed by atoms with van der Waals surface area (Å²) < 4.78 is 5.40. The van der Waals surface area contributed by atoms with Gasteiger partial charge in [0.05, 0.1) is 5.56 Å². The van der Waals surface area contributed by atoms with E-state index in [-0.39, 0.29) is 5.91 Å². The number of anilines is 1. The molecule has 6 heteroatoms. The van der Waals surface area contributed by atoms with Gasteiger partial charge in [-0.1, -0.05) is 30.3 Å². The van der Waals surface area contributed by atoms with Crippen molar-refractivity contribution < 1.29 is 14.0 Å². The minimum Gasteiger partial charge on any atom is -0.462 e. The highest BCUT2D eigenvalue weighted by Crippen LogP contribution is 2.34. The van der Waals surface area contributed by atoms with E-state index >= 15 is 0 Å². The molecule has 3 aromatic rings. The molecule has 5 nitrogen and oxygen atoms in total. The van der Waals surface area contributed by atoms with Crippen molar-refractivity contribution in [3.63, 3.8) is 0 Å². The summed E-state index contributed by atoms with van der Waals surface area (Å²) in [6.07, 6.45) is 3.63. The first-order chi connectivity index (χ1) is 12.9. The second-order valence-electron chi connectivity index (χ2n) is 6.15. The number of nitrogens with one attached hydrogen (secondary N) is 1. The third kappa shape index (κ3) is 4.54. The molecule has 0 atom stereocenters. The van der Waals surface area contributed by atoms with Crippen LogP contribution in [0.15, 0.2) is 53.0 Å². The highest BCUT2D eigenvalue weighted by atomic mass is 32.1. The van der Waals surface area contributed by atoms with Crippen LogP contribution in [0.3, 0.4) is 0 Å². The number of amides is 2. The highest BCUT2D eigenvalue weighted by molar-refractivity contribution is 7.17. The van der Waals surface area contributed by atoms with Crippen LogP contribution in [-0.4, -0.2) is 11.8 Å². The maximum atomic E-state index is 12.3. The third-order valence-electron chi connectivity index (χ3n) is 4.10. The molecule has 0 saturated carbocycles. The van der Waals surface area contributed by atoms with E-state index < -0.39 is 5.91 Å². The van der Waals surface area contributed by atoms with Gasteiger partial charge in [0.25, 0.3) is 5.91 Å². The number of hydrogen-bond donors (Lipinski definition) is 2. The molecule has 0 aliphatic rings. The number of nitrogens with two attached hydrogens (primary N) is 1. The van der Waals surface area contributed by atoms with Gasteiger partial charge in [-0.3, -0.25) is 9.59 Å². The number of hydrogen-bond acceptors (Lipinski definition) is 4. The Labute approximate surface area is 161 Å². The number of carbonyl (C=O) groups is 2. The van der Waals surface area contributed by atoms with Crippen molar-refractivity contribution in [2.45, 2.75) is 20.3 Å². The topological polar surface area (TPSA) is 85.3 Å². The lowest BCUT2D eigenvalue weighted by Crippen LogP contribution is -2.16. The molecule has 0 saturated heterocycles. The molecule has 0 unspecified atom stereocenters. The molecule has 2 aromatic heterocycles. The van der Waals surface area contributed by atoms with Gasteiger partial charge in [0.2, 0.25) is 5.91 Å². The monoisotopic (exact) mass is 380 g/mol. The molecule has 2 amide bonds. The lowest BCUT2D eigenvalue weighted by atomic mass is 10.1. The van der Waals surface area contributed by atoms with Gasteiger partial charge in [-0.05, 0) is 43.2 Å². The molecule has 1 aromatic carbocycles. The number of thiophene rings is 1. The lowest BCUT2D eigenvalue weighted by molar-refractivity contribution is -0.111. The van der Waals surface area contributed by atoms with Gasteiger partial charge >= 0.3 is 0 Å². The zero-order valence-electron chi connectivity index (χ0n) is 15.1. The van der Waals surface area contributed by atoms with Crippen molar-refractivity contribution in [3.8, 4) is 0 Å². The zero-order valence-corrected chi connectivity index (χ0v) is 15.9. The van der Waals surface area contributed by atoms with Gasteiger partial charge in [0, 0.05) is 17.4 Å². The summed E-state index contributed by atoms with van der Waals surface area (Å²) in [7, 11) is 0. The molecule has 138 valence electrons. The Hall–Kier alpha value is -3.12. The molecular formula is C21H20N2O3S. The normalized spacial score (nSPS) is 11.0. The van der Waals surface area contributed by atoms with Crippen LogP contribution in [0.1, 0.15) is 37.9 Å². The number of furan rings is 1. The Bertz CT molecular complexity index is 1000. The van der Waals surface area contributed by atoms with Crippen LogP contribution in [-0.2, 0) is 11.2 Å². The molecule has 0 bridgehead atoms. The first-order valence-corrected chi connectivity index (χ1v) is 9.27. The van der Waals surface area contributed by atoms with Crippen LogP contribution in [0, 0.1) is 13.8 Å². The molecule has 2 heterocycles. The number of benzene rings is 1. The fourth-order valence-electron chi connectivity index (χ4n) is 2.75. The van der Waals surface area contributed by atoms with E-state index in [4.69, 9.17) is 10.2 Å². The summed E-state index contributed by atoms with van der Waals surface area (Å²) in [5, 5.41) is 3.23. The van der Waals surface area contributed by atoms with Crippen molar-refractivity contribution in [2.24, 2.45) is 5.73 Å². The second-order valence-corrected chi connectivity index (χ2v) is 7.26. The van der Waals surface area contributed by atoms with E-state index in [2.05, 4.69) is 5.32 Å². The standard InChI is InChI=1S/C21H20N2O3S/c1-13-8-9-16(26-13)10-11-18(24)23-21-19(20(22)25)14(2)17(27-21)12-15-6-4-3-5-7-15/h3-11H,12H2,1-2H3,(H2,22,25)(H,23,24). The Morgan fingerprint density at radius 2 is 1.89 bits per heavy atom. The Morgan fingerprint density at radius 3 is 2.52 bits per heavy atom. The fraction of sp³-hybridized carbons (Fsp3) is 0.143. The van der Waals surface area contributed by atoms with Crippen molar-refractivity contribution >= 4 is 34.2 Å². The number of aryl methyl sites for hydroxylation is 1. The zero-order chi connectivity index (χ0) is 19.4. The Balaban J connectivity index is 1.81. The maximum Gasteiger partial charge on any atom is 0.251 e. The molecule has 3 N–H and O–H groups in total. The minimum atomic E-state index is -0.552. The van der Waals surface area contributed by atoms with Crippen LogP contribution >= 0.6 is 11.3 Å². The van der Waals surface area contributed by atoms with Crippen molar-refractivity contribution in [3.05, 3.63) is 81.6 Å². The van der Waals surface area contributed by atoms with Gasteiger partial charge in [-0.2, -0.15) is 0 Å². The van der Waals surface area contributed by atoms with E-state index in [0.717, 1.165) is 21.8 Å². The summed E-state index contributed by atoms with van der Waals surface area (Å²) in [4.78, 5) is 25.2. The van der Waals surface area contributed by atoms with Gasteiger partial charge in [-0.25, -0.2) is 0 Å². The molecule has 0 fully saturated rings. The molecule has 0 aliphatic carbocycles. The smallest absolute Gasteiger partial charge is 0.251 e. The van der Waals surface area contributed by atoms with Gasteiger partial charge in [0.1, 0.15) is 16.5 Å². The quantitative estimate of drug-likeness (QED) is 0.625. The summed E-state index contributed by atoms with van der Waals surface area (Å²) in [6.45, 7) is 3.69. The average molecular weight is 380 g/mol. The summed E-state index contributed by atoms with van der Waals surface area (Å²) in [5.74, 6) is 0.457. The number of primary amides is 1. The average Bonchev–Trinajstić information content (AvgIpc) is 3.17. The lowest BCUT2D eigenvalue weighted by Gasteiger charge is -2.02. The van der Waals surface area contributed by atoms with Crippen LogP contribution in [0.25, 0.3) is 6.08 Å². The van der Waals surface area contributed by atoms with E-state index in [1.54, 1.807) is 12.1 Å². The molecule has 0 spiro atoms. The number of rotatable bonds is 6. The summed E-state index contributed by atoms with van der Waals surface area (Å²) >= 11 is 1.37. The predicted molar refractivity (Wildman–Crippen MR) is 108 cm³/mol. The van der Waals surface area contributed by atoms with E-state index in [1.165, 1.54) is 17.4 Å². The van der Waals surface area contributed by atoms with E-state index in [0.29, 0.717) is 22.7 Å². The third-order valence-corrected chi connectivity index (χ3v) is 5.30. The summed E-state index contributed by atoms with van der Waals surface area (Å²) in [6, 6.07) is 13.5. The van der Waals surface area contributed by atoms with Crippen molar-refractivity contribution in [1.29, 1.82) is 0 Å². The SMILES string of the molecule is Cc1ccc(C=CC(=O)Nc2sc(Cc3ccccc3)c(C)c2C(N)=O)o1. The predicted octanol–water partition coefficient (Wildman–Crippen LogP) is 4.30. The largest absolute Gasteiger partial charge is 0.462 e. The first kappa shape index (κ1) is 18.7. The summed E-state index contributed by atoms with van der Waals surface area (Å²) in [5.41, 5.74) is 7.84. The molecule has 27 heavy (non-hydrogen) atoms. The maximum absolute atomic E-state index is 12.3. The van der Waals surface area contributed by atoms with Gasteiger partial charge < -0.3 is 15.5 Å². The van der Waals surface area contributed by atoms with Crippen LogP contribution in [0.5, 0.6) is 0 Å². The van der Waals surface area contributed by atoms with E-state index in [9.17, 15) is 9.59 Å². The van der Waals surface area contributed by atoms with Gasteiger partial charge in [0.15, 0.2) is 0 Å².